The van der Waals surface area contributed by atoms with Crippen molar-refractivity contribution in [2.45, 2.75) is 244 Å². The number of rotatable bonds is 53. The van der Waals surface area contributed by atoms with Gasteiger partial charge in [0.1, 0.15) is 13.2 Å². The molecule has 0 heterocycles. The van der Waals surface area contributed by atoms with Crippen molar-refractivity contribution in [3.05, 3.63) is 122 Å². The summed E-state index contributed by atoms with van der Waals surface area (Å²) < 4.78 is 23.3. The van der Waals surface area contributed by atoms with E-state index in [1.165, 1.54) is 116 Å². The molecule has 0 rings (SSSR count). The molecule has 2 N–H and O–H groups in total. The Labute approximate surface area is 456 Å². The molecule has 0 radical (unpaired) electrons. The van der Waals surface area contributed by atoms with Gasteiger partial charge in [-0.05, 0) is 89.9 Å². The molecule has 0 fully saturated rings. The highest BCUT2D eigenvalue weighted by Crippen LogP contribution is 2.38. The third-order valence-corrected chi connectivity index (χ3v) is 13.6. The monoisotopic (exact) mass is 1050 g/mol. The van der Waals surface area contributed by atoms with E-state index in [0.29, 0.717) is 17.4 Å². The van der Waals surface area contributed by atoms with Gasteiger partial charge in [0.25, 0.3) is 7.82 Å². The molecular formula is C65H113N2O6P. The van der Waals surface area contributed by atoms with Crippen molar-refractivity contribution >= 4 is 13.7 Å². The number of carbonyl (C=O) groups excluding carboxylic acids is 1. The van der Waals surface area contributed by atoms with E-state index in [0.717, 1.165) is 96.3 Å². The fourth-order valence-corrected chi connectivity index (χ4v) is 8.75. The molecular weight excluding hydrogens is 936 g/mol. The van der Waals surface area contributed by atoms with Gasteiger partial charge in [-0.1, -0.05) is 257 Å². The largest absolute Gasteiger partial charge is 0.756 e. The predicted molar refractivity (Wildman–Crippen MR) is 320 cm³/mol. The predicted octanol–water partition coefficient (Wildman–Crippen LogP) is 17.9. The van der Waals surface area contributed by atoms with E-state index in [1.807, 2.05) is 27.2 Å². The number of aliphatic hydroxyl groups is 1. The topological polar surface area (TPSA) is 108 Å². The summed E-state index contributed by atoms with van der Waals surface area (Å²) in [6.45, 7) is 4.50. The minimum Gasteiger partial charge on any atom is -0.756 e. The molecule has 9 heteroatoms. The molecule has 0 spiro atoms. The summed E-state index contributed by atoms with van der Waals surface area (Å²) in [5.41, 5.74) is 0. The maximum Gasteiger partial charge on any atom is 0.268 e. The Kier molecular flexibility index (Phi) is 52.4. The van der Waals surface area contributed by atoms with Crippen molar-refractivity contribution in [3.8, 4) is 0 Å². The fraction of sp³-hybridized carbons (Fsp3) is 0.677. The molecule has 74 heavy (non-hydrogen) atoms. The normalized spacial score (nSPS) is 14.7. The molecule has 0 aliphatic rings. The van der Waals surface area contributed by atoms with Crippen LogP contribution >= 0.6 is 7.82 Å². The first kappa shape index (κ1) is 70.9. The lowest BCUT2D eigenvalue weighted by atomic mass is 10.0. The summed E-state index contributed by atoms with van der Waals surface area (Å²) in [6.07, 6.45) is 81.5. The third kappa shape index (κ3) is 56.6. The number of phosphoric ester groups is 1. The van der Waals surface area contributed by atoms with E-state index in [-0.39, 0.29) is 19.1 Å². The molecule has 1 amide bonds. The Morgan fingerprint density at radius 3 is 1.20 bits per heavy atom. The number of allylic oxidation sites excluding steroid dienone is 19. The summed E-state index contributed by atoms with van der Waals surface area (Å²) in [5.74, 6) is -0.204. The van der Waals surface area contributed by atoms with Crippen LogP contribution in [0.1, 0.15) is 232 Å². The number of unbranched alkanes of at least 4 members (excludes halogenated alkanes) is 22. The Hall–Kier alpha value is -3.10. The van der Waals surface area contributed by atoms with Crippen molar-refractivity contribution in [3.63, 3.8) is 0 Å². The van der Waals surface area contributed by atoms with E-state index in [9.17, 15) is 19.4 Å². The first-order valence-corrected chi connectivity index (χ1v) is 31.4. The Morgan fingerprint density at radius 2 is 0.824 bits per heavy atom. The summed E-state index contributed by atoms with van der Waals surface area (Å²) >= 11 is 0. The Balaban J connectivity index is 4.00. The van der Waals surface area contributed by atoms with Crippen LogP contribution in [0, 0.1) is 0 Å². The van der Waals surface area contributed by atoms with Gasteiger partial charge >= 0.3 is 0 Å². The van der Waals surface area contributed by atoms with E-state index in [2.05, 4.69) is 129 Å². The van der Waals surface area contributed by atoms with Crippen LogP contribution < -0.4 is 10.2 Å². The van der Waals surface area contributed by atoms with Crippen molar-refractivity contribution in [2.24, 2.45) is 0 Å². The molecule has 0 aliphatic heterocycles. The maximum absolute atomic E-state index is 12.9. The van der Waals surface area contributed by atoms with Crippen LogP contribution in [-0.2, 0) is 18.4 Å². The lowest BCUT2D eigenvalue weighted by molar-refractivity contribution is -0.870. The Morgan fingerprint density at radius 1 is 0.486 bits per heavy atom. The molecule has 0 saturated carbocycles. The molecule has 3 atom stereocenters. The maximum atomic E-state index is 12.9. The smallest absolute Gasteiger partial charge is 0.268 e. The van der Waals surface area contributed by atoms with Crippen LogP contribution in [0.3, 0.4) is 0 Å². The number of carbonyl (C=O) groups is 1. The highest BCUT2D eigenvalue weighted by molar-refractivity contribution is 7.45. The van der Waals surface area contributed by atoms with Crippen molar-refractivity contribution < 1.29 is 32.9 Å². The van der Waals surface area contributed by atoms with Gasteiger partial charge in [-0.3, -0.25) is 9.36 Å². The molecule has 0 bridgehead atoms. The average molecular weight is 1050 g/mol. The number of likely N-dealkylation sites (N-methyl/N-ethyl adjacent to an activating group) is 1. The van der Waals surface area contributed by atoms with E-state index >= 15 is 0 Å². The molecule has 424 valence electrons. The lowest BCUT2D eigenvalue weighted by Gasteiger charge is -2.29. The quantitative estimate of drug-likeness (QED) is 0.0272. The van der Waals surface area contributed by atoms with Gasteiger partial charge in [0.05, 0.1) is 39.9 Å². The number of hydrogen-bond acceptors (Lipinski definition) is 6. The van der Waals surface area contributed by atoms with Crippen molar-refractivity contribution in [2.75, 3.05) is 40.9 Å². The zero-order valence-corrected chi connectivity index (χ0v) is 49.1. The van der Waals surface area contributed by atoms with Gasteiger partial charge in [-0.25, -0.2) is 0 Å². The second-order valence-electron chi connectivity index (χ2n) is 21.0. The fourth-order valence-electron chi connectivity index (χ4n) is 8.03. The van der Waals surface area contributed by atoms with Crippen LogP contribution in [0.2, 0.25) is 0 Å². The van der Waals surface area contributed by atoms with E-state index in [1.54, 1.807) is 6.08 Å². The molecule has 3 unspecified atom stereocenters. The first-order valence-electron chi connectivity index (χ1n) is 29.9. The number of hydrogen-bond donors (Lipinski definition) is 2. The lowest BCUT2D eigenvalue weighted by Crippen LogP contribution is -2.45. The second-order valence-corrected chi connectivity index (χ2v) is 22.4. The zero-order valence-electron chi connectivity index (χ0n) is 48.2. The van der Waals surface area contributed by atoms with Crippen molar-refractivity contribution in [1.82, 2.24) is 5.32 Å². The minimum atomic E-state index is -4.60. The van der Waals surface area contributed by atoms with Crippen LogP contribution in [0.5, 0.6) is 0 Å². The van der Waals surface area contributed by atoms with Gasteiger partial charge in [0.15, 0.2) is 0 Å². The van der Waals surface area contributed by atoms with Gasteiger partial charge in [0, 0.05) is 6.42 Å². The number of aliphatic hydroxyl groups excluding tert-OH is 1. The number of amides is 1. The number of nitrogens with zero attached hydrogens (tertiary/aromatic N) is 1. The van der Waals surface area contributed by atoms with Crippen LogP contribution in [0.25, 0.3) is 0 Å². The van der Waals surface area contributed by atoms with Crippen LogP contribution in [0.4, 0.5) is 0 Å². The standard InChI is InChI=1S/C65H113N2O6P/c1-6-8-10-12-14-16-18-19-20-21-22-23-24-25-26-27-28-29-30-31-32-33-34-35-36-37-38-39-40-41-42-43-44-45-46-47-49-51-53-55-57-59-65(69)66-63(62-73-74(70,71)72-61-60-67(3,4)5)64(68)58-56-54-52-50-48-17-15-13-11-9-7-2/h8,10,14,16,19-20,22-23,25-26,28-29,31-32,34-35,37-38,56,58,63-64,68H,6-7,9,11-13,15,17-18,21,24,27,30,33,36,39-55,57,59-62H2,1-5H3,(H-,66,69,70,71)/b10-8-,16-14-,20-19-,23-22-,26-25-,29-28-,32-31-,35-34-,38-37-,58-56+. The molecule has 0 aromatic rings. The Bertz CT molecular complexity index is 1620. The number of phosphoric acid groups is 1. The molecule has 0 aromatic heterocycles. The van der Waals surface area contributed by atoms with Gasteiger partial charge in [-0.2, -0.15) is 0 Å². The summed E-state index contributed by atoms with van der Waals surface area (Å²) in [7, 11) is 1.25. The highest BCUT2D eigenvalue weighted by atomic mass is 31.2. The molecule has 0 aromatic carbocycles. The van der Waals surface area contributed by atoms with E-state index < -0.39 is 20.0 Å². The first-order chi connectivity index (χ1) is 36.0. The SMILES string of the molecule is CC/C=C\C/C=C\C/C=C\C/C=C\C/C=C\C/C=C\C/C=C\C/C=C\C/C=C\CCCCCCCCCCCCCCCC(=O)NC(COP(=O)([O-])OCC[N+](C)(C)C)C(O)/C=C/CCCCCCCCCCC. The summed E-state index contributed by atoms with van der Waals surface area (Å²) in [5, 5.41) is 13.8. The third-order valence-electron chi connectivity index (χ3n) is 12.7. The average Bonchev–Trinajstić information content (AvgIpc) is 3.36. The van der Waals surface area contributed by atoms with Gasteiger partial charge < -0.3 is 28.8 Å². The van der Waals surface area contributed by atoms with Gasteiger partial charge in [-0.15, -0.1) is 0 Å². The molecule has 8 nitrogen and oxygen atoms in total. The van der Waals surface area contributed by atoms with Crippen LogP contribution in [-0.4, -0.2) is 68.5 Å². The zero-order chi connectivity index (χ0) is 54.2. The number of nitrogens with one attached hydrogen (secondary N) is 1. The molecule has 0 aliphatic carbocycles. The van der Waals surface area contributed by atoms with Gasteiger partial charge in [0.2, 0.25) is 5.91 Å². The van der Waals surface area contributed by atoms with Crippen LogP contribution in [0.15, 0.2) is 122 Å². The minimum absolute atomic E-state index is 0.00553. The molecule has 0 saturated heterocycles. The number of quaternary nitrogens is 1. The highest BCUT2D eigenvalue weighted by Gasteiger charge is 2.23. The van der Waals surface area contributed by atoms with E-state index in [4.69, 9.17) is 9.05 Å². The summed E-state index contributed by atoms with van der Waals surface area (Å²) in [4.78, 5) is 25.4. The van der Waals surface area contributed by atoms with Crippen molar-refractivity contribution in [1.29, 1.82) is 0 Å². The summed E-state index contributed by atoms with van der Waals surface area (Å²) in [6, 6.07) is -0.892. The second kappa shape index (κ2) is 54.7.